The van der Waals surface area contributed by atoms with Crippen molar-refractivity contribution in [3.8, 4) is 0 Å². The van der Waals surface area contributed by atoms with Gasteiger partial charge in [0.25, 0.3) is 0 Å². The smallest absolute Gasteiger partial charge is 0.341 e. The molecule has 0 unspecified atom stereocenters. The molecular formula is C17H18FNO3S. The van der Waals surface area contributed by atoms with E-state index in [9.17, 15) is 14.0 Å². The Morgan fingerprint density at radius 2 is 2.04 bits per heavy atom. The number of thiophene rings is 1. The van der Waals surface area contributed by atoms with Gasteiger partial charge in [-0.2, -0.15) is 0 Å². The molecule has 1 aromatic heterocycles. The number of carbonyl (C=O) groups excluding carboxylic acids is 2. The monoisotopic (exact) mass is 335 g/mol. The van der Waals surface area contributed by atoms with Gasteiger partial charge in [-0.05, 0) is 37.1 Å². The summed E-state index contributed by atoms with van der Waals surface area (Å²) >= 11 is 1.35. The second-order valence-corrected chi connectivity index (χ2v) is 6.02. The van der Waals surface area contributed by atoms with Crippen LogP contribution in [0.2, 0.25) is 0 Å². The summed E-state index contributed by atoms with van der Waals surface area (Å²) in [4.78, 5) is 25.1. The first kappa shape index (κ1) is 17.1. The standard InChI is InChI=1S/C17H18FNO3S/c1-3-13-10-14(17(21)22-4-2)16(23-13)19-15(20)9-11-6-5-7-12(18)8-11/h5-8,10H,3-4,9H2,1-2H3,(H,19,20). The first-order valence-electron chi connectivity index (χ1n) is 7.37. The van der Waals surface area contributed by atoms with Gasteiger partial charge >= 0.3 is 5.97 Å². The molecule has 4 nitrogen and oxygen atoms in total. The van der Waals surface area contributed by atoms with E-state index < -0.39 is 5.97 Å². The summed E-state index contributed by atoms with van der Waals surface area (Å²) in [5.41, 5.74) is 0.939. The topological polar surface area (TPSA) is 55.4 Å². The summed E-state index contributed by atoms with van der Waals surface area (Å²) in [5, 5.41) is 3.20. The van der Waals surface area contributed by atoms with E-state index in [4.69, 9.17) is 4.74 Å². The molecule has 0 fully saturated rings. The fraction of sp³-hybridized carbons (Fsp3) is 0.294. The number of ether oxygens (including phenoxy) is 1. The second kappa shape index (κ2) is 7.87. The Balaban J connectivity index is 2.13. The number of nitrogens with one attached hydrogen (secondary N) is 1. The van der Waals surface area contributed by atoms with E-state index in [-0.39, 0.29) is 24.8 Å². The maximum absolute atomic E-state index is 13.2. The predicted molar refractivity (Wildman–Crippen MR) is 88.4 cm³/mol. The highest BCUT2D eigenvalue weighted by atomic mass is 32.1. The summed E-state index contributed by atoms with van der Waals surface area (Å²) in [5.74, 6) is -1.14. The van der Waals surface area contributed by atoms with E-state index in [1.807, 2.05) is 6.92 Å². The van der Waals surface area contributed by atoms with Crippen molar-refractivity contribution in [2.45, 2.75) is 26.7 Å². The lowest BCUT2D eigenvalue weighted by atomic mass is 10.1. The minimum absolute atomic E-state index is 0.0411. The van der Waals surface area contributed by atoms with Crippen LogP contribution in [0.15, 0.2) is 30.3 Å². The quantitative estimate of drug-likeness (QED) is 0.817. The van der Waals surface area contributed by atoms with Gasteiger partial charge in [-0.25, -0.2) is 9.18 Å². The summed E-state index contributed by atoms with van der Waals surface area (Å²) in [6.07, 6.45) is 0.802. The van der Waals surface area contributed by atoms with Gasteiger partial charge in [0.15, 0.2) is 0 Å². The number of hydrogen-bond donors (Lipinski definition) is 1. The van der Waals surface area contributed by atoms with Crippen LogP contribution < -0.4 is 5.32 Å². The van der Waals surface area contributed by atoms with Gasteiger partial charge in [-0.1, -0.05) is 19.1 Å². The normalized spacial score (nSPS) is 10.4. The van der Waals surface area contributed by atoms with Crippen molar-refractivity contribution in [1.82, 2.24) is 0 Å². The van der Waals surface area contributed by atoms with E-state index in [2.05, 4.69) is 5.32 Å². The predicted octanol–water partition coefficient (Wildman–Crippen LogP) is 3.81. The number of benzene rings is 1. The van der Waals surface area contributed by atoms with E-state index in [1.54, 1.807) is 25.1 Å². The fourth-order valence-electron chi connectivity index (χ4n) is 2.07. The largest absolute Gasteiger partial charge is 0.462 e. The van der Waals surface area contributed by atoms with Crippen LogP contribution in [0.3, 0.4) is 0 Å². The number of aryl methyl sites for hydroxylation is 1. The van der Waals surface area contributed by atoms with Crippen molar-refractivity contribution in [2.75, 3.05) is 11.9 Å². The number of amides is 1. The van der Waals surface area contributed by atoms with Crippen LogP contribution in [0.25, 0.3) is 0 Å². The molecule has 0 aliphatic carbocycles. The van der Waals surface area contributed by atoms with Crippen LogP contribution >= 0.6 is 11.3 Å². The average molecular weight is 335 g/mol. The molecule has 122 valence electrons. The van der Waals surface area contributed by atoms with Gasteiger partial charge in [-0.3, -0.25) is 4.79 Å². The first-order valence-corrected chi connectivity index (χ1v) is 8.19. The minimum Gasteiger partial charge on any atom is -0.462 e. The Hall–Kier alpha value is -2.21. The zero-order chi connectivity index (χ0) is 16.8. The summed E-state index contributed by atoms with van der Waals surface area (Å²) in [7, 11) is 0. The van der Waals surface area contributed by atoms with Crippen LogP contribution in [-0.2, 0) is 22.4 Å². The maximum atomic E-state index is 13.2. The number of esters is 1. The Labute approximate surface area is 138 Å². The SMILES string of the molecule is CCOC(=O)c1cc(CC)sc1NC(=O)Cc1cccc(F)c1. The van der Waals surface area contributed by atoms with Gasteiger partial charge in [0.2, 0.25) is 5.91 Å². The number of halogens is 1. The lowest BCUT2D eigenvalue weighted by Crippen LogP contribution is -2.16. The fourth-order valence-corrected chi connectivity index (χ4v) is 3.07. The molecule has 2 aromatic rings. The highest BCUT2D eigenvalue weighted by molar-refractivity contribution is 7.16. The van der Waals surface area contributed by atoms with Gasteiger partial charge in [0.05, 0.1) is 18.6 Å². The molecule has 0 radical (unpaired) electrons. The molecule has 1 heterocycles. The Kier molecular flexibility index (Phi) is 5.87. The van der Waals surface area contributed by atoms with Gasteiger partial charge < -0.3 is 10.1 Å². The van der Waals surface area contributed by atoms with Gasteiger partial charge in [0, 0.05) is 4.88 Å². The molecule has 1 amide bonds. The van der Waals surface area contributed by atoms with Crippen LogP contribution in [0.1, 0.15) is 34.6 Å². The molecule has 0 saturated heterocycles. The van der Waals surface area contributed by atoms with Crippen molar-refractivity contribution in [3.63, 3.8) is 0 Å². The molecular weight excluding hydrogens is 317 g/mol. The number of hydrogen-bond acceptors (Lipinski definition) is 4. The number of carbonyl (C=O) groups is 2. The van der Waals surface area contributed by atoms with Crippen molar-refractivity contribution in [3.05, 3.63) is 52.2 Å². The lowest BCUT2D eigenvalue weighted by molar-refractivity contribution is -0.115. The third-order valence-electron chi connectivity index (χ3n) is 3.13. The van der Waals surface area contributed by atoms with Crippen molar-refractivity contribution < 1.29 is 18.7 Å². The zero-order valence-corrected chi connectivity index (χ0v) is 13.8. The Bertz CT molecular complexity index is 712. The molecule has 0 spiro atoms. The van der Waals surface area contributed by atoms with E-state index >= 15 is 0 Å². The van der Waals surface area contributed by atoms with Gasteiger partial charge in [-0.15, -0.1) is 11.3 Å². The third-order valence-corrected chi connectivity index (χ3v) is 4.33. The molecule has 2 rings (SSSR count). The maximum Gasteiger partial charge on any atom is 0.341 e. The van der Waals surface area contributed by atoms with Crippen molar-refractivity contribution >= 4 is 28.2 Å². The molecule has 1 aromatic carbocycles. The highest BCUT2D eigenvalue weighted by Crippen LogP contribution is 2.29. The molecule has 0 bridgehead atoms. The Morgan fingerprint density at radius 1 is 1.26 bits per heavy atom. The summed E-state index contributed by atoms with van der Waals surface area (Å²) in [6.45, 7) is 3.97. The van der Waals surface area contributed by atoms with Crippen LogP contribution in [0, 0.1) is 5.82 Å². The van der Waals surface area contributed by atoms with Crippen molar-refractivity contribution in [2.24, 2.45) is 0 Å². The third kappa shape index (κ3) is 4.63. The lowest BCUT2D eigenvalue weighted by Gasteiger charge is -2.06. The number of anilines is 1. The molecule has 0 saturated carbocycles. The molecule has 0 atom stereocenters. The number of rotatable bonds is 6. The molecule has 0 aliphatic heterocycles. The van der Waals surface area contributed by atoms with Crippen molar-refractivity contribution in [1.29, 1.82) is 0 Å². The first-order chi connectivity index (χ1) is 11.0. The molecule has 0 aliphatic rings. The Morgan fingerprint density at radius 3 is 2.70 bits per heavy atom. The van der Waals surface area contributed by atoms with E-state index in [1.165, 1.54) is 23.5 Å². The van der Waals surface area contributed by atoms with E-state index in [0.29, 0.717) is 16.1 Å². The average Bonchev–Trinajstić information content (AvgIpc) is 2.90. The van der Waals surface area contributed by atoms with Crippen LogP contribution in [0.4, 0.5) is 9.39 Å². The molecule has 6 heteroatoms. The minimum atomic E-state index is -0.454. The highest BCUT2D eigenvalue weighted by Gasteiger charge is 2.18. The summed E-state index contributed by atoms with van der Waals surface area (Å²) < 4.78 is 18.2. The zero-order valence-electron chi connectivity index (χ0n) is 13.0. The van der Waals surface area contributed by atoms with Gasteiger partial charge in [0.1, 0.15) is 10.8 Å². The van der Waals surface area contributed by atoms with Crippen LogP contribution in [0.5, 0.6) is 0 Å². The molecule has 23 heavy (non-hydrogen) atoms. The summed E-state index contributed by atoms with van der Waals surface area (Å²) in [6, 6.07) is 7.62. The van der Waals surface area contributed by atoms with Crippen LogP contribution in [-0.4, -0.2) is 18.5 Å². The van der Waals surface area contributed by atoms with E-state index in [0.717, 1.165) is 11.3 Å². The second-order valence-electron chi connectivity index (χ2n) is 4.88. The molecule has 1 N–H and O–H groups in total.